The highest BCUT2D eigenvalue weighted by Crippen LogP contribution is 2.18. The molecule has 0 aromatic carbocycles. The molecule has 0 spiro atoms. The van der Waals surface area contributed by atoms with Crippen molar-refractivity contribution in [3.8, 4) is 0 Å². The van der Waals surface area contributed by atoms with Gasteiger partial charge in [0.2, 0.25) is 0 Å². The van der Waals surface area contributed by atoms with Crippen molar-refractivity contribution in [1.82, 2.24) is 14.5 Å². The molecule has 0 saturated carbocycles. The molecule has 2 rings (SSSR count). The number of thioether (sulfide) groups is 1. The first-order valence-corrected chi connectivity index (χ1v) is 6.42. The van der Waals surface area contributed by atoms with E-state index in [1.165, 1.54) is 0 Å². The van der Waals surface area contributed by atoms with Crippen molar-refractivity contribution in [1.29, 1.82) is 0 Å². The Morgan fingerprint density at radius 3 is 2.94 bits per heavy atom. The summed E-state index contributed by atoms with van der Waals surface area (Å²) in [6.45, 7) is 6.69. The summed E-state index contributed by atoms with van der Waals surface area (Å²) in [5, 5.41) is 1.01. The van der Waals surface area contributed by atoms with Gasteiger partial charge in [0.25, 0.3) is 0 Å². The molecule has 0 radical (unpaired) electrons. The molecule has 0 aliphatic carbocycles. The lowest BCUT2D eigenvalue weighted by Crippen LogP contribution is -2.02. The first-order valence-electron chi connectivity index (χ1n) is 5.44. The van der Waals surface area contributed by atoms with Crippen LogP contribution in [0.15, 0.2) is 54.1 Å². The maximum atomic E-state index is 4.34. The van der Waals surface area contributed by atoms with E-state index in [2.05, 4.69) is 21.1 Å². The summed E-state index contributed by atoms with van der Waals surface area (Å²) in [5.74, 6) is 0.902. The number of aromatic nitrogens is 3. The normalized spacial score (nSPS) is 10.4. The summed E-state index contributed by atoms with van der Waals surface area (Å²) in [4.78, 5) is 8.66. The second-order valence-corrected chi connectivity index (χ2v) is 4.85. The van der Waals surface area contributed by atoms with Gasteiger partial charge in [-0.2, -0.15) is 0 Å². The molecule has 17 heavy (non-hydrogen) atoms. The lowest BCUT2D eigenvalue weighted by Gasteiger charge is -2.06. The summed E-state index contributed by atoms with van der Waals surface area (Å²) in [5.41, 5.74) is 2.20. The van der Waals surface area contributed by atoms with Gasteiger partial charge in [-0.15, -0.1) is 0 Å². The third-order valence-corrected chi connectivity index (χ3v) is 3.42. The molecule has 0 aliphatic rings. The van der Waals surface area contributed by atoms with E-state index in [1.807, 2.05) is 43.7 Å². The lowest BCUT2D eigenvalue weighted by atomic mass is 10.3. The molecule has 0 saturated heterocycles. The summed E-state index contributed by atoms with van der Waals surface area (Å²) < 4.78 is 2.11. The zero-order valence-electron chi connectivity index (χ0n) is 9.84. The van der Waals surface area contributed by atoms with Crippen LogP contribution in [0.25, 0.3) is 0 Å². The smallest absolute Gasteiger partial charge is 0.168 e. The Labute approximate surface area is 106 Å². The van der Waals surface area contributed by atoms with Crippen LogP contribution < -0.4 is 0 Å². The van der Waals surface area contributed by atoms with E-state index in [0.29, 0.717) is 0 Å². The van der Waals surface area contributed by atoms with Crippen LogP contribution in [0.1, 0.15) is 12.6 Å². The first-order chi connectivity index (χ1) is 8.25. The number of hydrogen-bond donors (Lipinski definition) is 0. The molecule has 0 N–H and O–H groups in total. The van der Waals surface area contributed by atoms with Gasteiger partial charge in [-0.1, -0.05) is 30.0 Å². The highest BCUT2D eigenvalue weighted by Gasteiger charge is 2.04. The average Bonchev–Trinajstić information content (AvgIpc) is 2.75. The highest BCUT2D eigenvalue weighted by atomic mass is 32.2. The van der Waals surface area contributed by atoms with E-state index in [0.717, 1.165) is 28.7 Å². The van der Waals surface area contributed by atoms with Crippen LogP contribution in [-0.4, -0.2) is 20.3 Å². The second-order valence-electron chi connectivity index (χ2n) is 3.90. The fourth-order valence-corrected chi connectivity index (χ4v) is 2.21. The molecule has 0 aliphatic heterocycles. The van der Waals surface area contributed by atoms with E-state index in [4.69, 9.17) is 0 Å². The average molecular weight is 245 g/mol. The van der Waals surface area contributed by atoms with Crippen molar-refractivity contribution in [3.63, 3.8) is 0 Å². The monoisotopic (exact) mass is 245 g/mol. The van der Waals surface area contributed by atoms with Gasteiger partial charge in [-0.05, 0) is 19.1 Å². The Kier molecular flexibility index (Phi) is 3.98. The Morgan fingerprint density at radius 1 is 1.35 bits per heavy atom. The van der Waals surface area contributed by atoms with E-state index in [9.17, 15) is 0 Å². The Balaban J connectivity index is 2.06. The molecule has 2 aromatic rings. The molecule has 2 heterocycles. The van der Waals surface area contributed by atoms with Crippen LogP contribution in [0.3, 0.4) is 0 Å². The molecule has 0 atom stereocenters. The van der Waals surface area contributed by atoms with Gasteiger partial charge in [-0.25, -0.2) is 4.98 Å². The number of rotatable bonds is 5. The molecule has 0 fully saturated rings. The zero-order valence-corrected chi connectivity index (χ0v) is 10.7. The molecular weight excluding hydrogens is 230 g/mol. The summed E-state index contributed by atoms with van der Waals surface area (Å²) >= 11 is 1.71. The predicted octanol–water partition coefficient (Wildman–Crippen LogP) is 2.99. The standard InChI is InChI=1S/C13H15N3S/c1-11(2)10-17-13-15-7-8-16(13)9-12-5-3-4-6-14-12/h3-8H,1,9-10H2,2H3. The molecule has 2 aromatic heterocycles. The number of imidazole rings is 1. The van der Waals surface area contributed by atoms with Gasteiger partial charge in [-0.3, -0.25) is 4.98 Å². The van der Waals surface area contributed by atoms with E-state index in [-0.39, 0.29) is 0 Å². The van der Waals surface area contributed by atoms with Gasteiger partial charge in [0, 0.05) is 24.3 Å². The van der Waals surface area contributed by atoms with Crippen LogP contribution in [0, 0.1) is 0 Å². The molecule has 3 nitrogen and oxygen atoms in total. The maximum absolute atomic E-state index is 4.34. The van der Waals surface area contributed by atoms with Crippen molar-refractivity contribution >= 4 is 11.8 Å². The minimum Gasteiger partial charge on any atom is -0.320 e. The van der Waals surface area contributed by atoms with Gasteiger partial charge < -0.3 is 4.57 Å². The van der Waals surface area contributed by atoms with Gasteiger partial charge in [0.15, 0.2) is 5.16 Å². The quantitative estimate of drug-likeness (QED) is 0.599. The van der Waals surface area contributed by atoms with Crippen LogP contribution in [0.2, 0.25) is 0 Å². The molecule has 4 heteroatoms. The molecular formula is C13H15N3S. The topological polar surface area (TPSA) is 30.7 Å². The molecule has 0 unspecified atom stereocenters. The third kappa shape index (κ3) is 3.46. The fourth-order valence-electron chi connectivity index (χ4n) is 1.41. The lowest BCUT2D eigenvalue weighted by molar-refractivity contribution is 0.694. The largest absolute Gasteiger partial charge is 0.320 e. The van der Waals surface area contributed by atoms with Gasteiger partial charge >= 0.3 is 0 Å². The van der Waals surface area contributed by atoms with Gasteiger partial charge in [0.1, 0.15) is 0 Å². The highest BCUT2D eigenvalue weighted by molar-refractivity contribution is 7.99. The minimum atomic E-state index is 0.763. The minimum absolute atomic E-state index is 0.763. The van der Waals surface area contributed by atoms with Crippen LogP contribution in [0.5, 0.6) is 0 Å². The Morgan fingerprint density at radius 2 is 2.24 bits per heavy atom. The van der Waals surface area contributed by atoms with Crippen molar-refractivity contribution in [2.75, 3.05) is 5.75 Å². The van der Waals surface area contributed by atoms with Crippen molar-refractivity contribution in [2.24, 2.45) is 0 Å². The summed E-state index contributed by atoms with van der Waals surface area (Å²) in [6, 6.07) is 5.95. The second kappa shape index (κ2) is 5.68. The van der Waals surface area contributed by atoms with Crippen molar-refractivity contribution in [2.45, 2.75) is 18.6 Å². The van der Waals surface area contributed by atoms with E-state index in [1.54, 1.807) is 11.8 Å². The first kappa shape index (κ1) is 11.9. The van der Waals surface area contributed by atoms with E-state index < -0.39 is 0 Å². The van der Waals surface area contributed by atoms with Crippen LogP contribution in [0.4, 0.5) is 0 Å². The number of hydrogen-bond acceptors (Lipinski definition) is 3. The van der Waals surface area contributed by atoms with E-state index >= 15 is 0 Å². The number of nitrogens with zero attached hydrogens (tertiary/aromatic N) is 3. The van der Waals surface area contributed by atoms with Gasteiger partial charge in [0.05, 0.1) is 12.2 Å². The summed E-state index contributed by atoms with van der Waals surface area (Å²) in [7, 11) is 0. The zero-order chi connectivity index (χ0) is 12.1. The number of pyridine rings is 1. The Bertz CT molecular complexity index is 490. The van der Waals surface area contributed by atoms with Crippen molar-refractivity contribution in [3.05, 3.63) is 54.6 Å². The SMILES string of the molecule is C=C(C)CSc1nccn1Cc1ccccn1. The Hall–Kier alpha value is -1.55. The maximum Gasteiger partial charge on any atom is 0.168 e. The molecule has 0 bridgehead atoms. The van der Waals surface area contributed by atoms with Crippen molar-refractivity contribution < 1.29 is 0 Å². The fraction of sp³-hybridized carbons (Fsp3) is 0.231. The molecule has 0 amide bonds. The van der Waals surface area contributed by atoms with Crippen LogP contribution >= 0.6 is 11.8 Å². The van der Waals surface area contributed by atoms with Crippen LogP contribution in [-0.2, 0) is 6.54 Å². The summed E-state index contributed by atoms with van der Waals surface area (Å²) in [6.07, 6.45) is 5.62. The molecule has 88 valence electrons. The third-order valence-electron chi connectivity index (χ3n) is 2.18. The predicted molar refractivity (Wildman–Crippen MR) is 71.1 cm³/mol.